The minimum absolute atomic E-state index is 0.269. The molecule has 2 heteroatoms. The first kappa shape index (κ1) is 19.1. The van der Waals surface area contributed by atoms with Gasteiger partial charge in [0, 0.05) is 17.2 Å². The van der Waals surface area contributed by atoms with E-state index < -0.39 is 0 Å². The predicted molar refractivity (Wildman–Crippen MR) is 121 cm³/mol. The van der Waals surface area contributed by atoms with Crippen LogP contribution in [-0.2, 0) is 17.2 Å². The van der Waals surface area contributed by atoms with Gasteiger partial charge in [-0.2, -0.15) is 0 Å². The van der Waals surface area contributed by atoms with Gasteiger partial charge in [-0.3, -0.25) is 0 Å². The number of rotatable bonds is 5. The third-order valence-corrected chi connectivity index (χ3v) is 6.16. The van der Waals surface area contributed by atoms with Crippen LogP contribution in [0.2, 0.25) is 0 Å². The summed E-state index contributed by atoms with van der Waals surface area (Å²) in [6.07, 6.45) is 7.79. The first-order valence-electron chi connectivity index (χ1n) is 9.52. The number of hydrogen-bond acceptors (Lipinski definition) is 0. The van der Waals surface area contributed by atoms with Gasteiger partial charge in [-0.15, -0.1) is 23.2 Å². The molecule has 0 saturated carbocycles. The van der Waals surface area contributed by atoms with Crippen LogP contribution in [0.15, 0.2) is 97.1 Å². The Hall–Kier alpha value is -2.28. The summed E-state index contributed by atoms with van der Waals surface area (Å²) >= 11 is 12.7. The van der Waals surface area contributed by atoms with Crippen molar-refractivity contribution in [1.29, 1.82) is 0 Å². The average Bonchev–Trinajstić information content (AvgIpc) is 2.79. The standard InChI is InChI=1S/C26H22Cl2/c27-18-22-10-4-6-12-24(22)26(25-13-7-5-11-23(25)19-28)16-14-21(15-17-26)20-8-2-1-3-9-20/h1-16H,17-19H2. The highest BCUT2D eigenvalue weighted by atomic mass is 35.5. The highest BCUT2D eigenvalue weighted by molar-refractivity contribution is 6.17. The summed E-state index contributed by atoms with van der Waals surface area (Å²) < 4.78 is 0. The first-order chi connectivity index (χ1) is 13.8. The van der Waals surface area contributed by atoms with Gasteiger partial charge in [-0.1, -0.05) is 97.1 Å². The molecule has 1 aliphatic rings. The van der Waals surface area contributed by atoms with Crippen LogP contribution in [0.4, 0.5) is 0 Å². The lowest BCUT2D eigenvalue weighted by atomic mass is 9.67. The van der Waals surface area contributed by atoms with Crippen LogP contribution >= 0.6 is 23.2 Å². The van der Waals surface area contributed by atoms with Crippen LogP contribution in [-0.4, -0.2) is 0 Å². The molecule has 0 amide bonds. The van der Waals surface area contributed by atoms with Gasteiger partial charge in [0.15, 0.2) is 0 Å². The second-order valence-corrected chi connectivity index (χ2v) is 7.65. The van der Waals surface area contributed by atoms with E-state index in [1.165, 1.54) is 22.3 Å². The summed E-state index contributed by atoms with van der Waals surface area (Å²) in [4.78, 5) is 0. The molecule has 0 unspecified atom stereocenters. The van der Waals surface area contributed by atoms with Crippen molar-refractivity contribution in [3.8, 4) is 0 Å². The van der Waals surface area contributed by atoms with Gasteiger partial charge in [0.1, 0.15) is 0 Å². The molecule has 3 aromatic carbocycles. The van der Waals surface area contributed by atoms with Crippen LogP contribution < -0.4 is 0 Å². The highest BCUT2D eigenvalue weighted by Crippen LogP contribution is 2.45. The van der Waals surface area contributed by atoms with E-state index in [9.17, 15) is 0 Å². The molecule has 1 aliphatic carbocycles. The molecule has 0 aliphatic heterocycles. The number of hydrogen-bond donors (Lipinski definition) is 0. The minimum Gasteiger partial charge on any atom is -0.122 e. The third-order valence-electron chi connectivity index (χ3n) is 5.58. The van der Waals surface area contributed by atoms with Crippen LogP contribution in [0.3, 0.4) is 0 Å². The largest absolute Gasteiger partial charge is 0.122 e. The maximum atomic E-state index is 6.33. The molecule has 0 spiro atoms. The van der Waals surface area contributed by atoms with Crippen molar-refractivity contribution in [2.75, 3.05) is 0 Å². The number of halogens is 2. The van der Waals surface area contributed by atoms with Gasteiger partial charge in [0.2, 0.25) is 0 Å². The van der Waals surface area contributed by atoms with Gasteiger partial charge < -0.3 is 0 Å². The van der Waals surface area contributed by atoms with Crippen molar-refractivity contribution in [2.45, 2.75) is 23.6 Å². The summed E-state index contributed by atoms with van der Waals surface area (Å²) in [5, 5.41) is 0. The van der Waals surface area contributed by atoms with Crippen molar-refractivity contribution < 1.29 is 0 Å². The van der Waals surface area contributed by atoms with Crippen LogP contribution in [0.5, 0.6) is 0 Å². The first-order valence-corrected chi connectivity index (χ1v) is 10.6. The quantitative estimate of drug-likeness (QED) is 0.386. The molecule has 0 aromatic heterocycles. The molecule has 0 fully saturated rings. The maximum absolute atomic E-state index is 6.33. The van der Waals surface area contributed by atoms with Gasteiger partial charge in [-0.25, -0.2) is 0 Å². The summed E-state index contributed by atoms with van der Waals surface area (Å²) in [5.74, 6) is 0.980. The zero-order chi connectivity index (χ0) is 19.4. The Morgan fingerprint density at radius 1 is 0.679 bits per heavy atom. The van der Waals surface area contributed by atoms with E-state index in [0.29, 0.717) is 11.8 Å². The fourth-order valence-corrected chi connectivity index (χ4v) is 4.64. The van der Waals surface area contributed by atoms with Gasteiger partial charge in [-0.05, 0) is 39.8 Å². The molecule has 0 nitrogen and oxygen atoms in total. The molecule has 4 rings (SSSR count). The maximum Gasteiger partial charge on any atom is 0.0477 e. The molecule has 0 bridgehead atoms. The molecule has 140 valence electrons. The average molecular weight is 405 g/mol. The molecule has 0 radical (unpaired) electrons. The molecule has 28 heavy (non-hydrogen) atoms. The summed E-state index contributed by atoms with van der Waals surface area (Å²) in [6.45, 7) is 0. The molecule has 0 N–H and O–H groups in total. The van der Waals surface area contributed by atoms with E-state index in [1.807, 2.05) is 6.07 Å². The third kappa shape index (κ3) is 3.43. The Kier molecular flexibility index (Phi) is 5.71. The summed E-state index contributed by atoms with van der Waals surface area (Å²) in [5.41, 5.74) is 7.05. The Labute approximate surface area is 177 Å². The summed E-state index contributed by atoms with van der Waals surface area (Å²) in [6, 6.07) is 27.5. The van der Waals surface area contributed by atoms with Gasteiger partial charge in [0.25, 0.3) is 0 Å². The molecular formula is C26H22Cl2. The number of benzene rings is 3. The summed E-state index contributed by atoms with van der Waals surface area (Å²) in [7, 11) is 0. The Balaban J connectivity index is 1.88. The van der Waals surface area contributed by atoms with E-state index >= 15 is 0 Å². The monoisotopic (exact) mass is 404 g/mol. The lowest BCUT2D eigenvalue weighted by Gasteiger charge is -2.36. The molecule has 3 aromatic rings. The van der Waals surface area contributed by atoms with E-state index in [-0.39, 0.29) is 5.41 Å². The lowest BCUT2D eigenvalue weighted by Crippen LogP contribution is -2.29. The van der Waals surface area contributed by atoms with Crippen molar-refractivity contribution in [3.63, 3.8) is 0 Å². The fourth-order valence-electron chi connectivity index (χ4n) is 4.17. The second-order valence-electron chi connectivity index (χ2n) is 7.12. The highest BCUT2D eigenvalue weighted by Gasteiger charge is 2.35. The fraction of sp³-hybridized carbons (Fsp3) is 0.154. The Morgan fingerprint density at radius 2 is 1.21 bits per heavy atom. The SMILES string of the molecule is ClCc1ccccc1C1(c2ccccc2CCl)C=CC(c2ccccc2)=CC1. The minimum atomic E-state index is -0.269. The molecule has 0 atom stereocenters. The second kappa shape index (κ2) is 8.39. The van der Waals surface area contributed by atoms with Crippen molar-refractivity contribution in [1.82, 2.24) is 0 Å². The van der Waals surface area contributed by atoms with Crippen LogP contribution in [0.25, 0.3) is 5.57 Å². The predicted octanol–water partition coefficient (Wildman–Crippen LogP) is 7.49. The number of alkyl halides is 2. The van der Waals surface area contributed by atoms with Crippen LogP contribution in [0, 0.1) is 0 Å². The topological polar surface area (TPSA) is 0 Å². The smallest absolute Gasteiger partial charge is 0.0477 e. The lowest BCUT2D eigenvalue weighted by molar-refractivity contribution is 0.638. The van der Waals surface area contributed by atoms with Crippen molar-refractivity contribution in [2.24, 2.45) is 0 Å². The van der Waals surface area contributed by atoms with E-state index in [4.69, 9.17) is 23.2 Å². The zero-order valence-corrected chi connectivity index (χ0v) is 17.1. The van der Waals surface area contributed by atoms with Crippen LogP contribution in [0.1, 0.15) is 34.2 Å². The van der Waals surface area contributed by atoms with E-state index in [0.717, 1.165) is 17.5 Å². The number of allylic oxidation sites excluding steroid dienone is 4. The molecule has 0 saturated heterocycles. The zero-order valence-electron chi connectivity index (χ0n) is 15.6. The van der Waals surface area contributed by atoms with E-state index in [2.05, 4.69) is 91.0 Å². The van der Waals surface area contributed by atoms with Crippen molar-refractivity contribution >= 4 is 28.8 Å². The van der Waals surface area contributed by atoms with Gasteiger partial charge in [0.05, 0.1) is 0 Å². The van der Waals surface area contributed by atoms with Gasteiger partial charge >= 0.3 is 0 Å². The van der Waals surface area contributed by atoms with E-state index in [1.54, 1.807) is 0 Å². The van der Waals surface area contributed by atoms with Crippen molar-refractivity contribution in [3.05, 3.63) is 125 Å². The molecule has 0 heterocycles. The molecular weight excluding hydrogens is 383 g/mol. The Morgan fingerprint density at radius 3 is 1.71 bits per heavy atom. The normalized spacial score (nSPS) is 15.3. The Bertz CT molecular complexity index is 968.